The van der Waals surface area contributed by atoms with Gasteiger partial charge in [-0.2, -0.15) is 0 Å². The fraction of sp³-hybridized carbons (Fsp3) is 0.368. The molecule has 1 saturated heterocycles. The predicted octanol–water partition coefficient (Wildman–Crippen LogP) is 3.87. The second-order valence-corrected chi connectivity index (χ2v) is 6.15. The van der Waals surface area contributed by atoms with Gasteiger partial charge in [-0.1, -0.05) is 60.7 Å². The Morgan fingerprint density at radius 2 is 1.38 bits per heavy atom. The SMILES string of the molecule is C[C@H](N(Cc1ccccc1)Cc1ccccc1)[C@]1(C)CO1. The third-order valence-electron chi connectivity index (χ3n) is 4.49. The van der Waals surface area contributed by atoms with Crippen molar-refractivity contribution < 1.29 is 4.74 Å². The van der Waals surface area contributed by atoms with Gasteiger partial charge in [0, 0.05) is 19.1 Å². The van der Waals surface area contributed by atoms with Crippen molar-refractivity contribution in [2.45, 2.75) is 38.6 Å². The van der Waals surface area contributed by atoms with Crippen molar-refractivity contribution in [2.24, 2.45) is 0 Å². The molecule has 110 valence electrons. The Labute approximate surface area is 127 Å². The normalized spacial score (nSPS) is 22.2. The first-order valence-electron chi connectivity index (χ1n) is 7.63. The Bertz CT molecular complexity index is 521. The molecule has 0 radical (unpaired) electrons. The fourth-order valence-corrected chi connectivity index (χ4v) is 2.71. The summed E-state index contributed by atoms with van der Waals surface area (Å²) in [5.41, 5.74) is 2.72. The third kappa shape index (κ3) is 3.52. The average Bonchev–Trinajstić information content (AvgIpc) is 3.27. The van der Waals surface area contributed by atoms with E-state index in [0.717, 1.165) is 19.7 Å². The molecule has 0 N–H and O–H groups in total. The van der Waals surface area contributed by atoms with Crippen molar-refractivity contribution in [1.82, 2.24) is 4.90 Å². The van der Waals surface area contributed by atoms with Crippen molar-refractivity contribution in [3.05, 3.63) is 71.8 Å². The van der Waals surface area contributed by atoms with Crippen molar-refractivity contribution in [3.63, 3.8) is 0 Å². The number of nitrogens with zero attached hydrogens (tertiary/aromatic N) is 1. The molecule has 0 aromatic heterocycles. The van der Waals surface area contributed by atoms with Crippen molar-refractivity contribution in [2.75, 3.05) is 6.61 Å². The third-order valence-corrected chi connectivity index (χ3v) is 4.49. The van der Waals surface area contributed by atoms with Crippen LogP contribution in [0.5, 0.6) is 0 Å². The Hall–Kier alpha value is -1.64. The van der Waals surface area contributed by atoms with E-state index in [2.05, 4.69) is 79.4 Å². The molecule has 2 atom stereocenters. The van der Waals surface area contributed by atoms with Gasteiger partial charge in [0.1, 0.15) is 5.60 Å². The highest BCUT2D eigenvalue weighted by atomic mass is 16.6. The summed E-state index contributed by atoms with van der Waals surface area (Å²) in [6.45, 7) is 7.26. The largest absolute Gasteiger partial charge is 0.368 e. The standard InChI is InChI=1S/C19H23NO/c1-16(19(2)15-21-19)20(13-17-9-5-3-6-10-17)14-18-11-7-4-8-12-18/h3-12,16H,13-15H2,1-2H3/t16-,19-/m0/s1. The van der Waals surface area contributed by atoms with Crippen LogP contribution >= 0.6 is 0 Å². The van der Waals surface area contributed by atoms with Crippen LogP contribution in [0, 0.1) is 0 Å². The number of hydrogen-bond donors (Lipinski definition) is 0. The van der Waals surface area contributed by atoms with Crippen LogP contribution in [0.3, 0.4) is 0 Å². The van der Waals surface area contributed by atoms with E-state index in [-0.39, 0.29) is 5.60 Å². The summed E-state index contributed by atoms with van der Waals surface area (Å²) in [6, 6.07) is 21.7. The van der Waals surface area contributed by atoms with E-state index in [1.807, 2.05) is 0 Å². The van der Waals surface area contributed by atoms with Crippen LogP contribution in [0.25, 0.3) is 0 Å². The lowest BCUT2D eigenvalue weighted by molar-refractivity contribution is 0.114. The van der Waals surface area contributed by atoms with Crippen molar-refractivity contribution >= 4 is 0 Å². The summed E-state index contributed by atoms with van der Waals surface area (Å²) in [6.07, 6.45) is 0. The second-order valence-electron chi connectivity index (χ2n) is 6.15. The van der Waals surface area contributed by atoms with E-state index in [1.165, 1.54) is 11.1 Å². The molecular formula is C19H23NO. The molecule has 2 heteroatoms. The molecule has 3 rings (SSSR count). The zero-order valence-electron chi connectivity index (χ0n) is 12.8. The molecule has 0 amide bonds. The fourth-order valence-electron chi connectivity index (χ4n) is 2.71. The summed E-state index contributed by atoms with van der Waals surface area (Å²) in [7, 11) is 0. The van der Waals surface area contributed by atoms with E-state index >= 15 is 0 Å². The van der Waals surface area contributed by atoms with E-state index < -0.39 is 0 Å². The van der Waals surface area contributed by atoms with Gasteiger partial charge in [0.25, 0.3) is 0 Å². The number of benzene rings is 2. The maximum absolute atomic E-state index is 5.67. The molecule has 2 aromatic carbocycles. The minimum Gasteiger partial charge on any atom is -0.368 e. The van der Waals surface area contributed by atoms with Crippen LogP contribution in [0.15, 0.2) is 60.7 Å². The minimum absolute atomic E-state index is 0.0174. The lowest BCUT2D eigenvalue weighted by Gasteiger charge is -2.32. The molecule has 1 fully saturated rings. The van der Waals surface area contributed by atoms with Crippen molar-refractivity contribution in [3.8, 4) is 0 Å². The molecular weight excluding hydrogens is 258 g/mol. The number of epoxide rings is 1. The van der Waals surface area contributed by atoms with Crippen LogP contribution in [-0.4, -0.2) is 23.1 Å². The molecule has 1 heterocycles. The first-order valence-corrected chi connectivity index (χ1v) is 7.63. The molecule has 1 aliphatic heterocycles. The van der Waals surface area contributed by atoms with Crippen molar-refractivity contribution in [1.29, 1.82) is 0 Å². The number of rotatable bonds is 6. The molecule has 2 nitrogen and oxygen atoms in total. The first-order chi connectivity index (χ1) is 10.2. The monoisotopic (exact) mass is 281 g/mol. The Morgan fingerprint density at radius 3 is 1.76 bits per heavy atom. The van der Waals surface area contributed by atoms with Gasteiger partial charge in [-0.05, 0) is 25.0 Å². The Kier molecular flexibility index (Phi) is 4.09. The molecule has 2 aromatic rings. The second kappa shape index (κ2) is 6.00. The maximum Gasteiger partial charge on any atom is 0.104 e. The topological polar surface area (TPSA) is 15.8 Å². The average molecular weight is 281 g/mol. The number of hydrogen-bond acceptors (Lipinski definition) is 2. The minimum atomic E-state index is 0.0174. The van der Waals surface area contributed by atoms with Gasteiger partial charge in [-0.25, -0.2) is 0 Å². The predicted molar refractivity (Wildman–Crippen MR) is 86.0 cm³/mol. The van der Waals surface area contributed by atoms with Gasteiger partial charge in [-0.15, -0.1) is 0 Å². The molecule has 1 aliphatic rings. The van der Waals surface area contributed by atoms with E-state index in [9.17, 15) is 0 Å². The summed E-state index contributed by atoms with van der Waals surface area (Å²) < 4.78 is 5.67. The van der Waals surface area contributed by atoms with Crippen LogP contribution in [0.2, 0.25) is 0 Å². The summed E-state index contributed by atoms with van der Waals surface area (Å²) in [5, 5.41) is 0. The zero-order valence-corrected chi connectivity index (χ0v) is 12.8. The zero-order chi connectivity index (χ0) is 14.7. The summed E-state index contributed by atoms with van der Waals surface area (Å²) in [4.78, 5) is 2.51. The molecule has 0 unspecified atom stereocenters. The van der Waals surface area contributed by atoms with E-state index in [1.54, 1.807) is 0 Å². The van der Waals surface area contributed by atoms with E-state index in [4.69, 9.17) is 4.74 Å². The highest BCUT2D eigenvalue weighted by Gasteiger charge is 2.47. The van der Waals surface area contributed by atoms with Crippen LogP contribution in [0.1, 0.15) is 25.0 Å². The first kappa shape index (κ1) is 14.3. The van der Waals surface area contributed by atoms with Gasteiger partial charge in [-0.3, -0.25) is 4.90 Å². The smallest absolute Gasteiger partial charge is 0.104 e. The van der Waals surface area contributed by atoms with E-state index in [0.29, 0.717) is 6.04 Å². The molecule has 0 bridgehead atoms. The van der Waals surface area contributed by atoms with Crippen LogP contribution in [-0.2, 0) is 17.8 Å². The lowest BCUT2D eigenvalue weighted by Crippen LogP contribution is -2.41. The van der Waals surface area contributed by atoms with Gasteiger partial charge in [0.2, 0.25) is 0 Å². The number of ether oxygens (including phenoxy) is 1. The highest BCUT2D eigenvalue weighted by Crippen LogP contribution is 2.34. The van der Waals surface area contributed by atoms with Gasteiger partial charge in [0.05, 0.1) is 6.61 Å². The molecule has 0 spiro atoms. The van der Waals surface area contributed by atoms with Crippen LogP contribution < -0.4 is 0 Å². The summed E-state index contributed by atoms with van der Waals surface area (Å²) >= 11 is 0. The molecule has 21 heavy (non-hydrogen) atoms. The lowest BCUT2D eigenvalue weighted by atomic mass is 10.0. The maximum atomic E-state index is 5.67. The Morgan fingerprint density at radius 1 is 0.952 bits per heavy atom. The Balaban J connectivity index is 1.77. The van der Waals surface area contributed by atoms with Gasteiger partial charge < -0.3 is 4.74 Å². The van der Waals surface area contributed by atoms with Gasteiger partial charge in [0.15, 0.2) is 0 Å². The highest BCUT2D eigenvalue weighted by molar-refractivity contribution is 5.18. The van der Waals surface area contributed by atoms with Crippen LogP contribution in [0.4, 0.5) is 0 Å². The quantitative estimate of drug-likeness (QED) is 0.747. The molecule has 0 saturated carbocycles. The molecule has 0 aliphatic carbocycles. The summed E-state index contributed by atoms with van der Waals surface area (Å²) in [5.74, 6) is 0. The van der Waals surface area contributed by atoms with Gasteiger partial charge >= 0.3 is 0 Å².